The number of aryl methyl sites for hydroxylation is 1. The van der Waals surface area contributed by atoms with E-state index >= 15 is 0 Å². The van der Waals surface area contributed by atoms with E-state index in [0.29, 0.717) is 18.7 Å². The Kier molecular flexibility index (Phi) is 6.23. The zero-order chi connectivity index (χ0) is 17.5. The molecule has 1 aromatic carbocycles. The van der Waals surface area contributed by atoms with Crippen molar-refractivity contribution < 1.29 is 9.21 Å². The van der Waals surface area contributed by atoms with Crippen molar-refractivity contribution in [3.8, 4) is 11.3 Å². The Morgan fingerprint density at radius 3 is 2.76 bits per heavy atom. The van der Waals surface area contributed by atoms with Crippen LogP contribution >= 0.6 is 0 Å². The highest BCUT2D eigenvalue weighted by molar-refractivity contribution is 5.76. The van der Waals surface area contributed by atoms with Gasteiger partial charge in [0.05, 0.1) is 6.20 Å². The fourth-order valence-corrected chi connectivity index (χ4v) is 3.24. The highest BCUT2D eigenvalue weighted by atomic mass is 16.4. The largest absolute Gasteiger partial charge is 0.441 e. The van der Waals surface area contributed by atoms with E-state index in [1.54, 1.807) is 6.20 Å². The smallest absolute Gasteiger partial charge is 0.220 e. The summed E-state index contributed by atoms with van der Waals surface area (Å²) < 4.78 is 5.76. The lowest BCUT2D eigenvalue weighted by molar-refractivity contribution is -0.122. The third-order valence-electron chi connectivity index (χ3n) is 4.71. The maximum absolute atomic E-state index is 12.2. The molecule has 1 fully saturated rings. The first-order chi connectivity index (χ1) is 12.2. The van der Waals surface area contributed by atoms with Gasteiger partial charge in [0.25, 0.3) is 0 Å². The van der Waals surface area contributed by atoms with E-state index in [0.717, 1.165) is 37.4 Å². The van der Waals surface area contributed by atoms with Crippen molar-refractivity contribution in [2.45, 2.75) is 45.1 Å². The van der Waals surface area contributed by atoms with Crippen molar-refractivity contribution in [3.63, 3.8) is 0 Å². The van der Waals surface area contributed by atoms with Crippen molar-refractivity contribution in [1.29, 1.82) is 0 Å². The topological polar surface area (TPSA) is 58.4 Å². The van der Waals surface area contributed by atoms with Gasteiger partial charge < -0.3 is 14.6 Å². The lowest BCUT2D eigenvalue weighted by atomic mass is 10.2. The van der Waals surface area contributed by atoms with E-state index in [-0.39, 0.29) is 11.9 Å². The third-order valence-corrected chi connectivity index (χ3v) is 4.71. The van der Waals surface area contributed by atoms with Crippen LogP contribution < -0.4 is 5.32 Å². The second kappa shape index (κ2) is 8.81. The molecule has 0 radical (unpaired) electrons. The molecule has 0 spiro atoms. The van der Waals surface area contributed by atoms with Gasteiger partial charge in [-0.15, -0.1) is 0 Å². The minimum atomic E-state index is 0.0745. The maximum Gasteiger partial charge on any atom is 0.220 e. The van der Waals surface area contributed by atoms with Crippen LogP contribution in [0.4, 0.5) is 0 Å². The second-order valence-corrected chi connectivity index (χ2v) is 6.66. The molecule has 1 N–H and O–H groups in total. The number of carbonyl (C=O) groups is 1. The van der Waals surface area contributed by atoms with Crippen LogP contribution in [0.1, 0.15) is 38.5 Å². The van der Waals surface area contributed by atoms with E-state index in [1.807, 2.05) is 30.3 Å². The number of nitrogens with zero attached hydrogens (tertiary/aromatic N) is 2. The van der Waals surface area contributed by atoms with Crippen molar-refractivity contribution in [1.82, 2.24) is 15.2 Å². The number of hydrogen-bond donors (Lipinski definition) is 1. The van der Waals surface area contributed by atoms with Gasteiger partial charge in [-0.1, -0.05) is 37.3 Å². The van der Waals surface area contributed by atoms with E-state index < -0.39 is 0 Å². The molecule has 3 rings (SSSR count). The average Bonchev–Trinajstić information content (AvgIpc) is 3.32. The Labute approximate surface area is 149 Å². The summed E-state index contributed by atoms with van der Waals surface area (Å²) in [7, 11) is 0. The minimum absolute atomic E-state index is 0.0745. The normalized spacial score (nSPS) is 16.0. The van der Waals surface area contributed by atoms with Crippen LogP contribution in [0.25, 0.3) is 11.3 Å². The summed E-state index contributed by atoms with van der Waals surface area (Å²) in [6.07, 6.45) is 6.17. The standard InChI is InChI=1S/C20H27N3O2/c1-2-17(15-23-12-6-7-13-23)22-19(24)10-11-20-21-14-18(25-20)16-8-4-3-5-9-16/h3-5,8-9,14,17H,2,6-7,10-13,15H2,1H3,(H,22,24)/t17-/m1/s1. The highest BCUT2D eigenvalue weighted by Crippen LogP contribution is 2.20. The van der Waals surface area contributed by atoms with Crippen molar-refractivity contribution in [3.05, 3.63) is 42.4 Å². The molecular formula is C20H27N3O2. The fraction of sp³-hybridized carbons (Fsp3) is 0.500. The number of likely N-dealkylation sites (tertiary alicyclic amines) is 1. The zero-order valence-electron chi connectivity index (χ0n) is 14.9. The predicted molar refractivity (Wildman–Crippen MR) is 98.2 cm³/mol. The number of nitrogens with one attached hydrogen (secondary N) is 1. The first kappa shape index (κ1) is 17.7. The van der Waals surface area contributed by atoms with E-state index in [2.05, 4.69) is 22.1 Å². The number of amides is 1. The number of rotatable bonds is 8. The van der Waals surface area contributed by atoms with Gasteiger partial charge in [-0.2, -0.15) is 0 Å². The summed E-state index contributed by atoms with van der Waals surface area (Å²) >= 11 is 0. The Bertz CT molecular complexity index is 663. The lowest BCUT2D eigenvalue weighted by Gasteiger charge is -2.23. The van der Waals surface area contributed by atoms with Crippen LogP contribution in [0, 0.1) is 0 Å². The van der Waals surface area contributed by atoms with Gasteiger partial charge in [0.1, 0.15) is 0 Å². The molecule has 1 aliphatic rings. The SMILES string of the molecule is CC[C@H](CN1CCCC1)NC(=O)CCc1ncc(-c2ccccc2)o1. The number of hydrogen-bond acceptors (Lipinski definition) is 4. The number of aromatic nitrogens is 1. The van der Waals surface area contributed by atoms with Gasteiger partial charge in [0.15, 0.2) is 11.7 Å². The third kappa shape index (κ3) is 5.16. The quantitative estimate of drug-likeness (QED) is 0.801. The Balaban J connectivity index is 1.46. The molecule has 0 unspecified atom stereocenters. The van der Waals surface area contributed by atoms with Crippen molar-refractivity contribution >= 4 is 5.91 Å². The first-order valence-corrected chi connectivity index (χ1v) is 9.26. The summed E-state index contributed by atoms with van der Waals surface area (Å²) in [6.45, 7) is 5.40. The molecule has 1 aromatic heterocycles. The summed E-state index contributed by atoms with van der Waals surface area (Å²) in [6, 6.07) is 10.1. The molecule has 25 heavy (non-hydrogen) atoms. The van der Waals surface area contributed by atoms with Crippen LogP contribution in [-0.2, 0) is 11.2 Å². The van der Waals surface area contributed by atoms with Crippen LogP contribution in [0.2, 0.25) is 0 Å². The molecule has 1 amide bonds. The lowest BCUT2D eigenvalue weighted by Crippen LogP contribution is -2.42. The Morgan fingerprint density at radius 1 is 1.28 bits per heavy atom. The van der Waals surface area contributed by atoms with Crippen molar-refractivity contribution in [2.75, 3.05) is 19.6 Å². The molecule has 5 heteroatoms. The number of oxazole rings is 1. The molecule has 134 valence electrons. The summed E-state index contributed by atoms with van der Waals surface area (Å²) in [4.78, 5) is 19.0. The van der Waals surface area contributed by atoms with Gasteiger partial charge in [0, 0.05) is 31.0 Å². The monoisotopic (exact) mass is 341 g/mol. The molecule has 1 saturated heterocycles. The molecule has 2 heterocycles. The van der Waals surface area contributed by atoms with Gasteiger partial charge in [0.2, 0.25) is 5.91 Å². The van der Waals surface area contributed by atoms with Gasteiger partial charge in [-0.25, -0.2) is 4.98 Å². The first-order valence-electron chi connectivity index (χ1n) is 9.26. The molecule has 0 aliphatic carbocycles. The highest BCUT2D eigenvalue weighted by Gasteiger charge is 2.18. The molecule has 1 aliphatic heterocycles. The molecule has 1 atom stereocenters. The van der Waals surface area contributed by atoms with E-state index in [4.69, 9.17) is 4.42 Å². The molecule has 0 saturated carbocycles. The van der Waals surface area contributed by atoms with Crippen LogP contribution in [0.3, 0.4) is 0 Å². The Morgan fingerprint density at radius 2 is 2.04 bits per heavy atom. The average molecular weight is 341 g/mol. The number of carbonyl (C=O) groups excluding carboxylic acids is 1. The van der Waals surface area contributed by atoms with Gasteiger partial charge in [-0.3, -0.25) is 4.79 Å². The van der Waals surface area contributed by atoms with E-state index in [1.165, 1.54) is 12.8 Å². The predicted octanol–water partition coefficient (Wildman–Crippen LogP) is 3.26. The minimum Gasteiger partial charge on any atom is -0.441 e. The van der Waals surface area contributed by atoms with Gasteiger partial charge >= 0.3 is 0 Å². The number of benzene rings is 1. The summed E-state index contributed by atoms with van der Waals surface area (Å²) in [5, 5.41) is 3.15. The van der Waals surface area contributed by atoms with Crippen LogP contribution in [0.15, 0.2) is 40.9 Å². The fourth-order valence-electron chi connectivity index (χ4n) is 3.24. The summed E-state index contributed by atoms with van der Waals surface area (Å²) in [5.41, 5.74) is 1.00. The van der Waals surface area contributed by atoms with Crippen LogP contribution in [-0.4, -0.2) is 41.5 Å². The van der Waals surface area contributed by atoms with E-state index in [9.17, 15) is 4.79 Å². The van der Waals surface area contributed by atoms with Gasteiger partial charge in [-0.05, 0) is 32.4 Å². The zero-order valence-corrected chi connectivity index (χ0v) is 14.9. The molecule has 2 aromatic rings. The summed E-state index contributed by atoms with van der Waals surface area (Å²) in [5.74, 6) is 1.43. The molecule has 0 bridgehead atoms. The molecule has 5 nitrogen and oxygen atoms in total. The molecular weight excluding hydrogens is 314 g/mol. The van der Waals surface area contributed by atoms with Crippen LogP contribution in [0.5, 0.6) is 0 Å². The van der Waals surface area contributed by atoms with Crippen molar-refractivity contribution in [2.24, 2.45) is 0 Å². The maximum atomic E-state index is 12.2. The Hall–Kier alpha value is -2.14. The second-order valence-electron chi connectivity index (χ2n) is 6.66.